The summed E-state index contributed by atoms with van der Waals surface area (Å²) < 4.78 is 45.7. The molecule has 0 unspecified atom stereocenters. The molecule has 0 spiro atoms. The molecular weight excluding hydrogens is 405 g/mol. The first-order valence-corrected chi connectivity index (χ1v) is 9.48. The van der Waals surface area contributed by atoms with E-state index in [-0.39, 0.29) is 12.2 Å². The summed E-state index contributed by atoms with van der Waals surface area (Å²) in [6.07, 6.45) is 1.70. The minimum absolute atomic E-state index is 0.175. The Morgan fingerprint density at radius 2 is 1.61 bits per heavy atom. The van der Waals surface area contributed by atoms with E-state index in [1.165, 1.54) is 18.2 Å². The highest BCUT2D eigenvalue weighted by Crippen LogP contribution is 2.43. The molecular formula is C25H17F3O3. The predicted octanol–water partition coefficient (Wildman–Crippen LogP) is 6.70. The predicted molar refractivity (Wildman–Crippen MR) is 112 cm³/mol. The first kappa shape index (κ1) is 20.5. The van der Waals surface area contributed by atoms with Crippen LogP contribution in [0.2, 0.25) is 0 Å². The molecule has 3 aromatic rings. The van der Waals surface area contributed by atoms with Crippen molar-refractivity contribution < 1.29 is 27.8 Å². The van der Waals surface area contributed by atoms with Crippen LogP contribution in [0, 0.1) is 17.5 Å². The van der Waals surface area contributed by atoms with Crippen LogP contribution in [0.25, 0.3) is 17.2 Å². The van der Waals surface area contributed by atoms with Gasteiger partial charge in [0.15, 0.2) is 11.6 Å². The number of benzene rings is 3. The number of carbonyl (C=O) groups is 1. The Morgan fingerprint density at radius 1 is 0.903 bits per heavy atom. The summed E-state index contributed by atoms with van der Waals surface area (Å²) in [5.41, 5.74) is 4.37. The van der Waals surface area contributed by atoms with E-state index in [1.54, 1.807) is 30.3 Å². The average Bonchev–Trinajstić information content (AvgIpc) is 2.97. The molecule has 4 rings (SSSR count). The smallest absolute Gasteiger partial charge is 0.307 e. The summed E-state index contributed by atoms with van der Waals surface area (Å²) in [7, 11) is 0. The maximum absolute atomic E-state index is 13.8. The monoisotopic (exact) mass is 422 g/mol. The number of carboxylic acid groups (broad SMARTS) is 1. The fourth-order valence-corrected chi connectivity index (χ4v) is 3.61. The molecule has 31 heavy (non-hydrogen) atoms. The highest BCUT2D eigenvalue weighted by atomic mass is 19.2. The van der Waals surface area contributed by atoms with Crippen molar-refractivity contribution in [2.75, 3.05) is 0 Å². The van der Waals surface area contributed by atoms with E-state index in [0.29, 0.717) is 16.9 Å². The van der Waals surface area contributed by atoms with Gasteiger partial charge in [0.2, 0.25) is 0 Å². The number of hydrogen-bond acceptors (Lipinski definition) is 2. The lowest BCUT2D eigenvalue weighted by atomic mass is 10.0. The van der Waals surface area contributed by atoms with Crippen LogP contribution in [0.1, 0.15) is 30.0 Å². The number of rotatable bonds is 5. The van der Waals surface area contributed by atoms with Crippen molar-refractivity contribution in [3.63, 3.8) is 0 Å². The number of hydrogen-bond donors (Lipinski definition) is 1. The van der Waals surface area contributed by atoms with Gasteiger partial charge in [-0.2, -0.15) is 0 Å². The molecule has 0 amide bonds. The van der Waals surface area contributed by atoms with E-state index in [4.69, 9.17) is 4.74 Å². The zero-order valence-electron chi connectivity index (χ0n) is 16.5. The Hall–Kier alpha value is -3.80. The Bertz CT molecular complexity index is 1240. The zero-order valence-corrected chi connectivity index (χ0v) is 16.5. The molecule has 0 atom stereocenters. The van der Waals surface area contributed by atoms with Crippen molar-refractivity contribution in [2.24, 2.45) is 0 Å². The lowest BCUT2D eigenvalue weighted by Gasteiger charge is -2.07. The van der Waals surface area contributed by atoms with E-state index < -0.39 is 23.4 Å². The second-order valence-corrected chi connectivity index (χ2v) is 7.17. The van der Waals surface area contributed by atoms with Crippen molar-refractivity contribution in [1.29, 1.82) is 0 Å². The first-order chi connectivity index (χ1) is 14.8. The fraction of sp³-hybridized carbons (Fsp3) is 0.0800. The van der Waals surface area contributed by atoms with Crippen LogP contribution in [0.5, 0.6) is 11.5 Å². The second-order valence-electron chi connectivity index (χ2n) is 7.17. The molecule has 3 nitrogen and oxygen atoms in total. The van der Waals surface area contributed by atoms with Crippen LogP contribution < -0.4 is 4.74 Å². The molecule has 156 valence electrons. The molecule has 0 radical (unpaired) electrons. The molecule has 0 heterocycles. The van der Waals surface area contributed by atoms with Gasteiger partial charge in [0.1, 0.15) is 17.3 Å². The summed E-state index contributed by atoms with van der Waals surface area (Å²) in [4.78, 5) is 11.3. The zero-order chi connectivity index (χ0) is 22.1. The third-order valence-electron chi connectivity index (χ3n) is 5.10. The van der Waals surface area contributed by atoms with E-state index in [1.807, 2.05) is 13.0 Å². The summed E-state index contributed by atoms with van der Waals surface area (Å²) in [6.45, 7) is 1.82. The Morgan fingerprint density at radius 3 is 2.29 bits per heavy atom. The van der Waals surface area contributed by atoms with Gasteiger partial charge in [-0.3, -0.25) is 4.79 Å². The van der Waals surface area contributed by atoms with Crippen LogP contribution in [-0.4, -0.2) is 11.1 Å². The van der Waals surface area contributed by atoms with Gasteiger partial charge in [0.05, 0.1) is 6.42 Å². The second kappa shape index (κ2) is 8.14. The molecule has 0 bridgehead atoms. The molecule has 3 aromatic carbocycles. The molecule has 0 aliphatic heterocycles. The van der Waals surface area contributed by atoms with Gasteiger partial charge < -0.3 is 9.84 Å². The molecule has 1 N–H and O–H groups in total. The summed E-state index contributed by atoms with van der Waals surface area (Å²) in [6, 6.07) is 14.6. The molecule has 0 fully saturated rings. The van der Waals surface area contributed by atoms with Crippen LogP contribution in [0.4, 0.5) is 13.2 Å². The lowest BCUT2D eigenvalue weighted by Crippen LogP contribution is -1.97. The standard InChI is InChI=1S/C25H17F3O3/c1-14-20(19-8-4-16(26)11-22(19)21(14)13-25(29)30)10-15-2-5-17(6-3-15)31-18-7-9-23(27)24(28)12-18/h2-12H,13H2,1H3,(H,29,30)/b20-10+. The Balaban J connectivity index is 1.64. The van der Waals surface area contributed by atoms with Gasteiger partial charge in [-0.05, 0) is 82.8 Å². The number of aliphatic carboxylic acids is 1. The van der Waals surface area contributed by atoms with Gasteiger partial charge in [0.25, 0.3) is 0 Å². The van der Waals surface area contributed by atoms with Crippen molar-refractivity contribution in [3.05, 3.63) is 100 Å². The van der Waals surface area contributed by atoms with E-state index in [9.17, 15) is 23.1 Å². The van der Waals surface area contributed by atoms with Crippen molar-refractivity contribution in [1.82, 2.24) is 0 Å². The van der Waals surface area contributed by atoms with Crippen LogP contribution in [0.15, 0.2) is 66.2 Å². The van der Waals surface area contributed by atoms with E-state index in [0.717, 1.165) is 34.4 Å². The average molecular weight is 422 g/mol. The highest BCUT2D eigenvalue weighted by Gasteiger charge is 2.25. The molecule has 0 aromatic heterocycles. The number of allylic oxidation sites excluding steroid dienone is 2. The maximum atomic E-state index is 13.8. The maximum Gasteiger partial charge on any atom is 0.307 e. The van der Waals surface area contributed by atoms with Gasteiger partial charge in [-0.15, -0.1) is 0 Å². The molecule has 1 aliphatic rings. The molecule has 6 heteroatoms. The molecule has 1 aliphatic carbocycles. The number of ether oxygens (including phenoxy) is 1. The Kier molecular flexibility index (Phi) is 5.38. The summed E-state index contributed by atoms with van der Waals surface area (Å²) >= 11 is 0. The number of halogens is 3. The van der Waals surface area contributed by atoms with Gasteiger partial charge in [0, 0.05) is 6.07 Å². The van der Waals surface area contributed by atoms with Gasteiger partial charge >= 0.3 is 5.97 Å². The van der Waals surface area contributed by atoms with Crippen molar-refractivity contribution >= 4 is 23.2 Å². The van der Waals surface area contributed by atoms with Gasteiger partial charge in [-0.1, -0.05) is 18.2 Å². The highest BCUT2D eigenvalue weighted by molar-refractivity contribution is 6.07. The minimum Gasteiger partial charge on any atom is -0.481 e. The van der Waals surface area contributed by atoms with E-state index in [2.05, 4.69) is 0 Å². The van der Waals surface area contributed by atoms with Gasteiger partial charge in [-0.25, -0.2) is 13.2 Å². The molecule has 0 saturated carbocycles. The largest absolute Gasteiger partial charge is 0.481 e. The van der Waals surface area contributed by atoms with Crippen LogP contribution in [0.3, 0.4) is 0 Å². The number of fused-ring (bicyclic) bond motifs is 1. The number of carboxylic acids is 1. The van der Waals surface area contributed by atoms with Crippen molar-refractivity contribution in [2.45, 2.75) is 13.3 Å². The third kappa shape index (κ3) is 4.23. The fourth-order valence-electron chi connectivity index (χ4n) is 3.61. The summed E-state index contributed by atoms with van der Waals surface area (Å²) in [5, 5.41) is 9.24. The summed E-state index contributed by atoms with van der Waals surface area (Å²) in [5.74, 6) is -2.72. The first-order valence-electron chi connectivity index (χ1n) is 9.48. The quantitative estimate of drug-likeness (QED) is 0.498. The van der Waals surface area contributed by atoms with Crippen molar-refractivity contribution in [3.8, 4) is 11.5 Å². The van der Waals surface area contributed by atoms with Crippen LogP contribution >= 0.6 is 0 Å². The minimum atomic E-state index is -0.991. The lowest BCUT2D eigenvalue weighted by molar-refractivity contribution is -0.135. The Labute approximate surface area is 176 Å². The topological polar surface area (TPSA) is 46.5 Å². The normalized spacial score (nSPS) is 14.1. The van der Waals surface area contributed by atoms with Crippen LogP contribution in [-0.2, 0) is 4.79 Å². The molecule has 0 saturated heterocycles. The third-order valence-corrected chi connectivity index (χ3v) is 5.10. The SMILES string of the molecule is CC1=C(CC(=O)O)c2cc(F)ccc2/C1=C/c1ccc(Oc2ccc(F)c(F)c2)cc1. The van der Waals surface area contributed by atoms with E-state index >= 15 is 0 Å².